The second kappa shape index (κ2) is 7.48. The zero-order chi connectivity index (χ0) is 14.3. The third kappa shape index (κ3) is 4.20. The Labute approximate surface area is 114 Å². The Morgan fingerprint density at radius 1 is 1.32 bits per heavy atom. The lowest BCUT2D eigenvalue weighted by Crippen LogP contribution is -2.52. The Morgan fingerprint density at radius 2 is 1.95 bits per heavy atom. The Bertz CT molecular complexity index is 311. The van der Waals surface area contributed by atoms with E-state index in [4.69, 9.17) is 9.84 Å². The second-order valence-electron chi connectivity index (χ2n) is 5.14. The summed E-state index contributed by atoms with van der Waals surface area (Å²) in [4.78, 5) is 23.5. The largest absolute Gasteiger partial charge is 0.480 e. The van der Waals surface area contributed by atoms with Crippen LogP contribution in [0.4, 0.5) is 0 Å². The van der Waals surface area contributed by atoms with Gasteiger partial charge in [-0.2, -0.15) is 0 Å². The van der Waals surface area contributed by atoms with Gasteiger partial charge in [-0.05, 0) is 39.0 Å². The standard InChI is InChI=1S/C14H25NO4/c1-3-5-8-11(12(16)17)15-13(18)14(19-4-2)9-6-7-10-14/h11H,3-10H2,1-2H3,(H,15,18)(H,16,17). The molecule has 1 aliphatic carbocycles. The lowest BCUT2D eigenvalue weighted by Gasteiger charge is -2.29. The molecule has 0 aromatic heterocycles. The van der Waals surface area contributed by atoms with E-state index in [-0.39, 0.29) is 5.91 Å². The molecule has 0 saturated heterocycles. The van der Waals surface area contributed by atoms with Crippen molar-refractivity contribution in [3.05, 3.63) is 0 Å². The molecule has 5 nitrogen and oxygen atoms in total. The molecule has 1 saturated carbocycles. The minimum Gasteiger partial charge on any atom is -0.480 e. The predicted molar refractivity (Wildman–Crippen MR) is 71.9 cm³/mol. The number of hydrogen-bond acceptors (Lipinski definition) is 3. The summed E-state index contributed by atoms with van der Waals surface area (Å²) in [5.41, 5.74) is -0.797. The number of nitrogens with one attached hydrogen (secondary N) is 1. The average Bonchev–Trinajstić information content (AvgIpc) is 2.84. The summed E-state index contributed by atoms with van der Waals surface area (Å²) in [6.07, 6.45) is 5.47. The highest BCUT2D eigenvalue weighted by atomic mass is 16.5. The molecule has 1 atom stereocenters. The quantitative estimate of drug-likeness (QED) is 0.709. The molecule has 0 bridgehead atoms. The molecular formula is C14H25NO4. The first-order chi connectivity index (χ1) is 9.05. The van der Waals surface area contributed by atoms with Gasteiger partial charge in [0.15, 0.2) is 0 Å². The first-order valence-electron chi connectivity index (χ1n) is 7.23. The SMILES string of the molecule is CCCCC(NC(=O)C1(OCC)CCCC1)C(=O)O. The van der Waals surface area contributed by atoms with E-state index in [1.165, 1.54) is 0 Å². The summed E-state index contributed by atoms with van der Waals surface area (Å²) < 4.78 is 5.63. The van der Waals surface area contributed by atoms with Gasteiger partial charge in [0.2, 0.25) is 0 Å². The van der Waals surface area contributed by atoms with Gasteiger partial charge in [-0.3, -0.25) is 4.79 Å². The van der Waals surface area contributed by atoms with Crippen LogP contribution in [-0.2, 0) is 14.3 Å². The van der Waals surface area contributed by atoms with Gasteiger partial charge in [-0.25, -0.2) is 4.79 Å². The van der Waals surface area contributed by atoms with Crippen LogP contribution in [0, 0.1) is 0 Å². The molecule has 1 fully saturated rings. The Morgan fingerprint density at radius 3 is 2.42 bits per heavy atom. The van der Waals surface area contributed by atoms with E-state index >= 15 is 0 Å². The number of rotatable bonds is 8. The van der Waals surface area contributed by atoms with Crippen LogP contribution < -0.4 is 5.32 Å². The molecule has 1 amide bonds. The third-order valence-corrected chi connectivity index (χ3v) is 3.70. The van der Waals surface area contributed by atoms with Crippen molar-refractivity contribution in [3.8, 4) is 0 Å². The number of carbonyl (C=O) groups excluding carboxylic acids is 1. The third-order valence-electron chi connectivity index (χ3n) is 3.70. The van der Waals surface area contributed by atoms with Crippen molar-refractivity contribution in [1.82, 2.24) is 5.32 Å². The minimum absolute atomic E-state index is 0.254. The number of carboxylic acid groups (broad SMARTS) is 1. The molecule has 2 N–H and O–H groups in total. The van der Waals surface area contributed by atoms with Gasteiger partial charge in [0, 0.05) is 6.61 Å². The summed E-state index contributed by atoms with van der Waals surface area (Å²) in [7, 11) is 0. The molecule has 0 aromatic carbocycles. The van der Waals surface area contributed by atoms with Gasteiger partial charge < -0.3 is 15.2 Å². The maximum Gasteiger partial charge on any atom is 0.326 e. The molecule has 1 unspecified atom stereocenters. The number of unbranched alkanes of at least 4 members (excludes halogenated alkanes) is 1. The fourth-order valence-corrected chi connectivity index (χ4v) is 2.61. The van der Waals surface area contributed by atoms with E-state index in [1.807, 2.05) is 13.8 Å². The number of hydrogen-bond donors (Lipinski definition) is 2. The van der Waals surface area contributed by atoms with Crippen molar-refractivity contribution < 1.29 is 19.4 Å². The van der Waals surface area contributed by atoms with Crippen LogP contribution in [0.15, 0.2) is 0 Å². The summed E-state index contributed by atoms with van der Waals surface area (Å²) >= 11 is 0. The maximum atomic E-state index is 12.3. The van der Waals surface area contributed by atoms with Gasteiger partial charge >= 0.3 is 5.97 Å². The smallest absolute Gasteiger partial charge is 0.326 e. The highest BCUT2D eigenvalue weighted by molar-refractivity contribution is 5.89. The molecule has 110 valence electrons. The normalized spacial score (nSPS) is 19.1. The number of aliphatic carboxylic acids is 1. The van der Waals surface area contributed by atoms with Crippen LogP contribution in [0.5, 0.6) is 0 Å². The monoisotopic (exact) mass is 271 g/mol. The number of carboxylic acids is 1. The highest BCUT2D eigenvalue weighted by Crippen LogP contribution is 2.33. The van der Waals surface area contributed by atoms with E-state index in [9.17, 15) is 9.59 Å². The van der Waals surface area contributed by atoms with E-state index in [0.29, 0.717) is 25.9 Å². The maximum absolute atomic E-state index is 12.3. The van der Waals surface area contributed by atoms with Crippen LogP contribution in [0.1, 0.15) is 58.8 Å². The first kappa shape index (κ1) is 16.0. The van der Waals surface area contributed by atoms with Crippen molar-refractivity contribution in [3.63, 3.8) is 0 Å². The van der Waals surface area contributed by atoms with Gasteiger partial charge in [-0.1, -0.05) is 19.8 Å². The number of carbonyl (C=O) groups is 2. The second-order valence-corrected chi connectivity index (χ2v) is 5.14. The molecule has 1 rings (SSSR count). The van der Waals surface area contributed by atoms with Crippen LogP contribution >= 0.6 is 0 Å². The van der Waals surface area contributed by atoms with E-state index in [0.717, 1.165) is 25.7 Å². The zero-order valence-electron chi connectivity index (χ0n) is 11.9. The highest BCUT2D eigenvalue weighted by Gasteiger charge is 2.43. The number of ether oxygens (including phenoxy) is 1. The summed E-state index contributed by atoms with van der Waals surface area (Å²) in [5, 5.41) is 11.8. The van der Waals surface area contributed by atoms with Crippen LogP contribution in [0.25, 0.3) is 0 Å². The van der Waals surface area contributed by atoms with Crippen molar-refractivity contribution in [1.29, 1.82) is 0 Å². The topological polar surface area (TPSA) is 75.6 Å². The van der Waals surface area contributed by atoms with Crippen molar-refractivity contribution in [2.45, 2.75) is 70.4 Å². The molecule has 19 heavy (non-hydrogen) atoms. The fraction of sp³-hybridized carbons (Fsp3) is 0.857. The van der Waals surface area contributed by atoms with Gasteiger partial charge in [0.05, 0.1) is 0 Å². The van der Waals surface area contributed by atoms with Crippen molar-refractivity contribution in [2.24, 2.45) is 0 Å². The molecule has 0 aliphatic heterocycles. The molecule has 1 aliphatic rings. The van der Waals surface area contributed by atoms with E-state index in [1.54, 1.807) is 0 Å². The Kier molecular flexibility index (Phi) is 6.28. The van der Waals surface area contributed by atoms with Crippen LogP contribution in [0.2, 0.25) is 0 Å². The van der Waals surface area contributed by atoms with E-state index in [2.05, 4.69) is 5.32 Å². The van der Waals surface area contributed by atoms with Gasteiger partial charge in [0.25, 0.3) is 5.91 Å². The molecule has 0 heterocycles. The van der Waals surface area contributed by atoms with Crippen molar-refractivity contribution >= 4 is 11.9 Å². The van der Waals surface area contributed by atoms with E-state index < -0.39 is 17.6 Å². The predicted octanol–water partition coefficient (Wildman–Crippen LogP) is 2.10. The Balaban J connectivity index is 2.65. The molecule has 5 heteroatoms. The van der Waals surface area contributed by atoms with Crippen LogP contribution in [-0.4, -0.2) is 35.2 Å². The fourth-order valence-electron chi connectivity index (χ4n) is 2.61. The Hall–Kier alpha value is -1.10. The van der Waals surface area contributed by atoms with Gasteiger partial charge in [0.1, 0.15) is 11.6 Å². The van der Waals surface area contributed by atoms with Gasteiger partial charge in [-0.15, -0.1) is 0 Å². The first-order valence-corrected chi connectivity index (χ1v) is 7.23. The summed E-state index contributed by atoms with van der Waals surface area (Å²) in [6, 6.07) is -0.801. The summed E-state index contributed by atoms with van der Waals surface area (Å²) in [6.45, 7) is 4.33. The number of amides is 1. The average molecular weight is 271 g/mol. The summed E-state index contributed by atoms with van der Waals surface area (Å²) in [5.74, 6) is -1.22. The molecule has 0 radical (unpaired) electrons. The molecular weight excluding hydrogens is 246 g/mol. The van der Waals surface area contributed by atoms with Crippen LogP contribution in [0.3, 0.4) is 0 Å². The van der Waals surface area contributed by atoms with Crippen molar-refractivity contribution in [2.75, 3.05) is 6.61 Å². The lowest BCUT2D eigenvalue weighted by atomic mass is 9.99. The minimum atomic E-state index is -0.966. The molecule has 0 aromatic rings. The zero-order valence-corrected chi connectivity index (χ0v) is 11.9. The molecule has 0 spiro atoms. The lowest BCUT2D eigenvalue weighted by molar-refractivity contribution is -0.151.